The van der Waals surface area contributed by atoms with E-state index in [1.165, 1.54) is 11.1 Å². The first-order valence-corrected chi connectivity index (χ1v) is 6.50. The molecular formula is C15H17NO2. The molecule has 0 aromatic heterocycles. The second-order valence-corrected chi connectivity index (χ2v) is 4.86. The van der Waals surface area contributed by atoms with Gasteiger partial charge in [-0.1, -0.05) is 24.3 Å². The fourth-order valence-corrected chi connectivity index (χ4v) is 2.70. The molecule has 0 spiro atoms. The van der Waals surface area contributed by atoms with Crippen LogP contribution < -0.4 is 5.32 Å². The first-order chi connectivity index (χ1) is 8.84. The molecular weight excluding hydrogens is 226 g/mol. The number of carbonyl (C=O) groups is 1. The number of benzene rings is 1. The molecule has 0 saturated heterocycles. The first-order valence-electron chi connectivity index (χ1n) is 6.50. The van der Waals surface area contributed by atoms with Crippen molar-refractivity contribution in [1.29, 1.82) is 0 Å². The smallest absolute Gasteiger partial charge is 0.249 e. The molecule has 3 heteroatoms. The average molecular weight is 243 g/mol. The Morgan fingerprint density at radius 3 is 3.06 bits per heavy atom. The predicted molar refractivity (Wildman–Crippen MR) is 69.2 cm³/mol. The average Bonchev–Trinajstić information content (AvgIpc) is 2.93. The molecule has 1 N–H and O–H groups in total. The van der Waals surface area contributed by atoms with E-state index in [9.17, 15) is 4.79 Å². The van der Waals surface area contributed by atoms with Crippen LogP contribution in [0.3, 0.4) is 0 Å². The number of nitrogens with one attached hydrogen (secondary N) is 1. The molecule has 94 valence electrons. The highest BCUT2D eigenvalue weighted by molar-refractivity contribution is 5.94. The zero-order valence-electron chi connectivity index (χ0n) is 10.3. The lowest BCUT2D eigenvalue weighted by molar-refractivity contribution is -0.118. The van der Waals surface area contributed by atoms with Gasteiger partial charge in [-0.3, -0.25) is 4.79 Å². The van der Waals surface area contributed by atoms with Crippen molar-refractivity contribution in [3.05, 3.63) is 47.0 Å². The van der Waals surface area contributed by atoms with Gasteiger partial charge in [-0.05, 0) is 36.5 Å². The van der Waals surface area contributed by atoms with Gasteiger partial charge in [0.15, 0.2) is 0 Å². The monoisotopic (exact) mass is 243 g/mol. The number of carbonyl (C=O) groups excluding carboxylic acids is 1. The molecule has 2 aliphatic rings. The van der Waals surface area contributed by atoms with Crippen molar-refractivity contribution in [2.75, 3.05) is 13.2 Å². The summed E-state index contributed by atoms with van der Waals surface area (Å²) in [4.78, 5) is 12.1. The zero-order chi connectivity index (χ0) is 12.4. The third-order valence-corrected chi connectivity index (χ3v) is 3.67. The van der Waals surface area contributed by atoms with Gasteiger partial charge < -0.3 is 10.1 Å². The van der Waals surface area contributed by atoms with Crippen LogP contribution in [0, 0.1) is 0 Å². The summed E-state index contributed by atoms with van der Waals surface area (Å²) in [5.41, 5.74) is 3.40. The molecule has 1 heterocycles. The van der Waals surface area contributed by atoms with Gasteiger partial charge in [0, 0.05) is 5.57 Å². The number of ether oxygens (including phenoxy) is 1. The number of aryl methyl sites for hydroxylation is 1. The zero-order valence-corrected chi connectivity index (χ0v) is 10.3. The van der Waals surface area contributed by atoms with Gasteiger partial charge in [-0.15, -0.1) is 0 Å². The molecule has 1 aromatic rings. The summed E-state index contributed by atoms with van der Waals surface area (Å²) in [7, 11) is 0. The fourth-order valence-electron chi connectivity index (χ4n) is 2.70. The molecule has 0 radical (unpaired) electrons. The van der Waals surface area contributed by atoms with E-state index in [-0.39, 0.29) is 11.9 Å². The minimum Gasteiger partial charge on any atom is -0.372 e. The van der Waals surface area contributed by atoms with Crippen LogP contribution in [0.15, 0.2) is 35.9 Å². The fraction of sp³-hybridized carbons (Fsp3) is 0.400. The molecule has 1 aliphatic heterocycles. The van der Waals surface area contributed by atoms with E-state index >= 15 is 0 Å². The Hall–Kier alpha value is -1.61. The minimum absolute atomic E-state index is 0.0224. The Labute approximate surface area is 107 Å². The van der Waals surface area contributed by atoms with Gasteiger partial charge in [0.25, 0.3) is 0 Å². The maximum Gasteiger partial charge on any atom is 0.249 e. The summed E-state index contributed by atoms with van der Waals surface area (Å²) < 4.78 is 5.18. The van der Waals surface area contributed by atoms with Crippen molar-refractivity contribution in [3.63, 3.8) is 0 Å². The van der Waals surface area contributed by atoms with Gasteiger partial charge in [0.1, 0.15) is 0 Å². The molecule has 18 heavy (non-hydrogen) atoms. The summed E-state index contributed by atoms with van der Waals surface area (Å²) in [6.45, 7) is 1.00. The maximum absolute atomic E-state index is 12.1. The van der Waals surface area contributed by atoms with E-state index in [1.54, 1.807) is 0 Å². The van der Waals surface area contributed by atoms with Crippen molar-refractivity contribution in [2.24, 2.45) is 0 Å². The van der Waals surface area contributed by atoms with Crippen LogP contribution in [0.25, 0.3) is 0 Å². The number of fused-ring (bicyclic) bond motifs is 1. The number of hydrogen-bond donors (Lipinski definition) is 1. The van der Waals surface area contributed by atoms with Crippen molar-refractivity contribution >= 4 is 5.91 Å². The Balaban J connectivity index is 1.76. The van der Waals surface area contributed by atoms with Gasteiger partial charge in [-0.25, -0.2) is 0 Å². The van der Waals surface area contributed by atoms with E-state index in [0.29, 0.717) is 13.2 Å². The predicted octanol–water partition coefficient (Wildman–Crippen LogP) is 2.14. The molecule has 1 atom stereocenters. The van der Waals surface area contributed by atoms with E-state index in [0.717, 1.165) is 24.8 Å². The van der Waals surface area contributed by atoms with Gasteiger partial charge in [0.05, 0.1) is 19.3 Å². The second-order valence-electron chi connectivity index (χ2n) is 4.86. The van der Waals surface area contributed by atoms with Gasteiger partial charge in [-0.2, -0.15) is 0 Å². The van der Waals surface area contributed by atoms with Gasteiger partial charge in [0.2, 0.25) is 5.91 Å². The van der Waals surface area contributed by atoms with Crippen LogP contribution in [-0.4, -0.2) is 19.1 Å². The van der Waals surface area contributed by atoms with E-state index < -0.39 is 0 Å². The summed E-state index contributed by atoms with van der Waals surface area (Å²) in [5.74, 6) is 0.0224. The van der Waals surface area contributed by atoms with Crippen LogP contribution in [0.5, 0.6) is 0 Å². The summed E-state index contributed by atoms with van der Waals surface area (Å²) in [5, 5.41) is 3.13. The van der Waals surface area contributed by atoms with Crippen molar-refractivity contribution < 1.29 is 9.53 Å². The Bertz CT molecular complexity index is 493. The molecule has 1 unspecified atom stereocenters. The van der Waals surface area contributed by atoms with Crippen LogP contribution in [0.4, 0.5) is 0 Å². The Morgan fingerprint density at radius 2 is 2.22 bits per heavy atom. The third-order valence-electron chi connectivity index (χ3n) is 3.67. The largest absolute Gasteiger partial charge is 0.372 e. The topological polar surface area (TPSA) is 38.3 Å². The van der Waals surface area contributed by atoms with Crippen LogP contribution in [-0.2, 0) is 16.0 Å². The van der Waals surface area contributed by atoms with E-state index in [2.05, 4.69) is 23.5 Å². The van der Waals surface area contributed by atoms with E-state index in [1.807, 2.05) is 12.1 Å². The van der Waals surface area contributed by atoms with Crippen LogP contribution >= 0.6 is 0 Å². The van der Waals surface area contributed by atoms with Gasteiger partial charge >= 0.3 is 0 Å². The van der Waals surface area contributed by atoms with Crippen LogP contribution in [0.1, 0.15) is 30.0 Å². The number of rotatable bonds is 2. The molecule has 0 fully saturated rings. The molecule has 0 saturated carbocycles. The normalized spacial score (nSPS) is 22.2. The number of hydrogen-bond acceptors (Lipinski definition) is 2. The standard InChI is InChI=1S/C15H17NO2/c17-15(12-8-9-18-10-12)16-14-7-3-5-11-4-1-2-6-13(11)14/h1-2,4,6,8,14H,3,5,7,9-10H2,(H,16,17). The van der Waals surface area contributed by atoms with Crippen molar-refractivity contribution in [3.8, 4) is 0 Å². The Kier molecular flexibility index (Phi) is 3.15. The molecule has 1 aliphatic carbocycles. The highest BCUT2D eigenvalue weighted by atomic mass is 16.5. The molecule has 1 aromatic carbocycles. The third kappa shape index (κ3) is 2.18. The Morgan fingerprint density at radius 1 is 1.33 bits per heavy atom. The maximum atomic E-state index is 12.1. The van der Waals surface area contributed by atoms with E-state index in [4.69, 9.17) is 4.74 Å². The molecule has 1 amide bonds. The summed E-state index contributed by atoms with van der Waals surface area (Å²) in [6.07, 6.45) is 5.15. The molecule has 3 rings (SSSR count). The molecule has 3 nitrogen and oxygen atoms in total. The van der Waals surface area contributed by atoms with Crippen molar-refractivity contribution in [1.82, 2.24) is 5.32 Å². The van der Waals surface area contributed by atoms with Crippen molar-refractivity contribution in [2.45, 2.75) is 25.3 Å². The number of amides is 1. The SMILES string of the molecule is O=C(NC1CCCc2ccccc21)C1=CCOC1. The lowest BCUT2D eigenvalue weighted by Gasteiger charge is -2.26. The summed E-state index contributed by atoms with van der Waals surface area (Å²) in [6, 6.07) is 8.55. The highest BCUT2D eigenvalue weighted by Crippen LogP contribution is 2.29. The summed E-state index contributed by atoms with van der Waals surface area (Å²) >= 11 is 0. The quantitative estimate of drug-likeness (QED) is 0.864. The minimum atomic E-state index is 0.0224. The second kappa shape index (κ2) is 4.94. The highest BCUT2D eigenvalue weighted by Gasteiger charge is 2.23. The lowest BCUT2D eigenvalue weighted by Crippen LogP contribution is -2.32. The van der Waals surface area contributed by atoms with Crippen LogP contribution in [0.2, 0.25) is 0 Å². The first kappa shape index (κ1) is 11.5. The molecule has 0 bridgehead atoms. The lowest BCUT2D eigenvalue weighted by atomic mass is 9.87.